The Labute approximate surface area is 178 Å². The van der Waals surface area contributed by atoms with Gasteiger partial charge in [-0.15, -0.1) is 0 Å². The van der Waals surface area contributed by atoms with Gasteiger partial charge in [-0.25, -0.2) is 9.37 Å². The summed E-state index contributed by atoms with van der Waals surface area (Å²) in [6.07, 6.45) is 4.34. The first-order valence-electron chi connectivity index (χ1n) is 10.4. The molecule has 2 fully saturated rings. The molecular formula is C23H24FN3O2S. The number of hydrogen-bond donors (Lipinski definition) is 1. The van der Waals surface area contributed by atoms with Gasteiger partial charge in [-0.3, -0.25) is 4.79 Å². The molecule has 2 bridgehead atoms. The minimum Gasteiger partial charge on any atom is -0.431 e. The molecule has 3 aromatic rings. The minimum absolute atomic E-state index is 0.217. The molecule has 1 N–H and O–H groups in total. The van der Waals surface area contributed by atoms with Gasteiger partial charge in [0.15, 0.2) is 0 Å². The summed E-state index contributed by atoms with van der Waals surface area (Å²) < 4.78 is 20.0. The van der Waals surface area contributed by atoms with Crippen LogP contribution in [0.15, 0.2) is 42.5 Å². The van der Waals surface area contributed by atoms with Crippen molar-refractivity contribution in [1.29, 1.82) is 0 Å². The fraction of sp³-hybridized carbons (Fsp3) is 0.391. The number of aromatic nitrogens is 1. The lowest BCUT2D eigenvalue weighted by Crippen LogP contribution is -2.50. The molecule has 3 heterocycles. The molecule has 1 aromatic heterocycles. The normalized spacial score (nSPS) is 23.1. The number of hydrogen-bond acceptors (Lipinski definition) is 5. The number of amides is 1. The highest BCUT2D eigenvalue weighted by molar-refractivity contribution is 7.20. The number of thiazole rings is 1. The second-order valence-electron chi connectivity index (χ2n) is 8.20. The smallest absolute Gasteiger partial charge is 0.279 e. The predicted molar refractivity (Wildman–Crippen MR) is 115 cm³/mol. The zero-order valence-corrected chi connectivity index (χ0v) is 17.6. The van der Waals surface area contributed by atoms with Crippen molar-refractivity contribution >= 4 is 27.5 Å². The van der Waals surface area contributed by atoms with Crippen LogP contribution in [0.2, 0.25) is 0 Å². The first kappa shape index (κ1) is 19.5. The van der Waals surface area contributed by atoms with E-state index in [4.69, 9.17) is 4.74 Å². The molecule has 2 aliphatic heterocycles. The van der Waals surface area contributed by atoms with Crippen molar-refractivity contribution in [2.45, 2.75) is 57.3 Å². The molecule has 5 rings (SSSR count). The Morgan fingerprint density at radius 3 is 2.63 bits per heavy atom. The Morgan fingerprint density at radius 2 is 1.93 bits per heavy atom. The molecule has 30 heavy (non-hydrogen) atoms. The van der Waals surface area contributed by atoms with E-state index in [1.165, 1.54) is 29.0 Å². The van der Waals surface area contributed by atoms with Crippen molar-refractivity contribution in [3.8, 4) is 10.9 Å². The van der Waals surface area contributed by atoms with E-state index in [0.717, 1.165) is 42.4 Å². The zero-order chi connectivity index (χ0) is 20.7. The van der Waals surface area contributed by atoms with Crippen LogP contribution in [0.5, 0.6) is 10.9 Å². The highest BCUT2D eigenvalue weighted by Crippen LogP contribution is 2.36. The number of fused-ring (bicyclic) bond motifs is 3. The maximum absolute atomic E-state index is 13.3. The second kappa shape index (κ2) is 7.96. The highest BCUT2D eigenvalue weighted by Gasteiger charge is 2.41. The summed E-state index contributed by atoms with van der Waals surface area (Å²) in [6, 6.07) is 13.8. The third kappa shape index (κ3) is 3.91. The first-order valence-corrected chi connectivity index (χ1v) is 11.2. The fourth-order valence-electron chi connectivity index (χ4n) is 4.82. The molecule has 0 radical (unpaired) electrons. The van der Waals surface area contributed by atoms with E-state index < -0.39 is 0 Å². The lowest BCUT2D eigenvalue weighted by molar-refractivity contribution is -0.133. The van der Waals surface area contributed by atoms with E-state index in [1.54, 1.807) is 13.0 Å². The molecule has 0 aliphatic carbocycles. The van der Waals surface area contributed by atoms with Crippen molar-refractivity contribution in [3.63, 3.8) is 0 Å². The first-order chi connectivity index (χ1) is 14.5. The summed E-state index contributed by atoms with van der Waals surface area (Å²) in [7, 11) is 0. The number of benzene rings is 2. The number of halogens is 1. The number of ether oxygens (including phenoxy) is 1. The van der Waals surface area contributed by atoms with Gasteiger partial charge in [-0.1, -0.05) is 23.5 Å². The Morgan fingerprint density at radius 1 is 1.20 bits per heavy atom. The summed E-state index contributed by atoms with van der Waals surface area (Å²) in [5, 5.41) is 4.17. The van der Waals surface area contributed by atoms with Crippen LogP contribution < -0.4 is 10.1 Å². The van der Waals surface area contributed by atoms with Crippen LogP contribution in [0.4, 0.5) is 4.39 Å². The zero-order valence-electron chi connectivity index (χ0n) is 16.8. The third-order valence-corrected chi connectivity index (χ3v) is 7.05. The van der Waals surface area contributed by atoms with Crippen molar-refractivity contribution in [2.24, 2.45) is 0 Å². The van der Waals surface area contributed by atoms with E-state index in [9.17, 15) is 9.18 Å². The summed E-state index contributed by atoms with van der Waals surface area (Å²) in [5.41, 5.74) is 1.93. The number of nitrogens with one attached hydrogen (secondary N) is 1. The standard InChI is InChI=1S/C23H24FN3O2S/c1-14(28)27-18-5-6-19(27)12-17(11-18)25-13-15-2-7-20(8-3-15)29-23-26-21-9-4-16(24)10-22(21)30-23/h2-4,7-10,17-19,25H,5-6,11-13H2,1H3/t17-,18+,19-. The van der Waals surface area contributed by atoms with Crippen molar-refractivity contribution in [2.75, 3.05) is 0 Å². The fourth-order valence-corrected chi connectivity index (χ4v) is 5.68. The van der Waals surface area contributed by atoms with Crippen LogP contribution in [0.3, 0.4) is 0 Å². The highest BCUT2D eigenvalue weighted by atomic mass is 32.1. The van der Waals surface area contributed by atoms with Gasteiger partial charge >= 0.3 is 0 Å². The average Bonchev–Trinajstić information content (AvgIpc) is 3.24. The molecule has 156 valence electrons. The predicted octanol–water partition coefficient (Wildman–Crippen LogP) is 4.86. The molecule has 3 atom stereocenters. The van der Waals surface area contributed by atoms with Crippen molar-refractivity contribution < 1.29 is 13.9 Å². The van der Waals surface area contributed by atoms with E-state index in [2.05, 4.69) is 27.3 Å². The summed E-state index contributed by atoms with van der Waals surface area (Å²) in [6.45, 7) is 2.49. The Kier molecular flexibility index (Phi) is 5.16. The van der Waals surface area contributed by atoms with Crippen LogP contribution >= 0.6 is 11.3 Å². The number of carbonyl (C=O) groups excluding carboxylic acids is 1. The van der Waals surface area contributed by atoms with Gasteiger partial charge in [0.25, 0.3) is 5.19 Å². The van der Waals surface area contributed by atoms with Gasteiger partial charge in [0.1, 0.15) is 11.6 Å². The SMILES string of the molecule is CC(=O)N1[C@@H]2CC[C@H]1C[C@@H](NCc1ccc(Oc3nc4ccc(F)cc4s3)cc1)C2. The van der Waals surface area contributed by atoms with Gasteiger partial charge in [0.05, 0.1) is 10.2 Å². The molecule has 0 saturated carbocycles. The van der Waals surface area contributed by atoms with E-state index in [0.29, 0.717) is 29.1 Å². The Bertz CT molecular complexity index is 1050. The molecular weight excluding hydrogens is 401 g/mol. The Balaban J connectivity index is 1.17. The molecule has 2 aromatic carbocycles. The monoisotopic (exact) mass is 425 g/mol. The lowest BCUT2D eigenvalue weighted by atomic mass is 9.97. The molecule has 0 spiro atoms. The molecule has 2 aliphatic rings. The van der Waals surface area contributed by atoms with E-state index in [-0.39, 0.29) is 11.7 Å². The molecule has 7 heteroatoms. The van der Waals surface area contributed by atoms with Gasteiger partial charge in [0.2, 0.25) is 5.91 Å². The van der Waals surface area contributed by atoms with Crippen molar-refractivity contribution in [1.82, 2.24) is 15.2 Å². The summed E-state index contributed by atoms with van der Waals surface area (Å²) in [5.74, 6) is 0.662. The number of carbonyl (C=O) groups is 1. The van der Waals surface area contributed by atoms with Crippen LogP contribution in [0.25, 0.3) is 10.2 Å². The van der Waals surface area contributed by atoms with E-state index >= 15 is 0 Å². The maximum atomic E-state index is 13.3. The molecule has 1 amide bonds. The van der Waals surface area contributed by atoms with Gasteiger partial charge < -0.3 is 15.0 Å². The number of piperidine rings is 1. The molecule has 0 unspecified atom stereocenters. The van der Waals surface area contributed by atoms with Gasteiger partial charge in [0, 0.05) is 31.6 Å². The number of nitrogens with zero attached hydrogens (tertiary/aromatic N) is 2. The molecule has 2 saturated heterocycles. The largest absolute Gasteiger partial charge is 0.431 e. The van der Waals surface area contributed by atoms with Gasteiger partial charge in [-0.2, -0.15) is 0 Å². The molecule has 5 nitrogen and oxygen atoms in total. The summed E-state index contributed by atoms with van der Waals surface area (Å²) in [4.78, 5) is 18.3. The third-order valence-electron chi connectivity index (χ3n) is 6.15. The number of rotatable bonds is 5. The van der Waals surface area contributed by atoms with Gasteiger partial charge in [-0.05, 0) is 61.6 Å². The van der Waals surface area contributed by atoms with Crippen LogP contribution in [0.1, 0.15) is 38.2 Å². The average molecular weight is 426 g/mol. The minimum atomic E-state index is -0.269. The van der Waals surface area contributed by atoms with Crippen LogP contribution in [-0.4, -0.2) is 33.9 Å². The second-order valence-corrected chi connectivity index (χ2v) is 9.19. The van der Waals surface area contributed by atoms with E-state index in [1.807, 2.05) is 12.1 Å². The van der Waals surface area contributed by atoms with Crippen LogP contribution in [0, 0.1) is 5.82 Å². The van der Waals surface area contributed by atoms with Crippen LogP contribution in [-0.2, 0) is 11.3 Å². The topological polar surface area (TPSA) is 54.5 Å². The summed E-state index contributed by atoms with van der Waals surface area (Å²) >= 11 is 1.33. The quantitative estimate of drug-likeness (QED) is 0.634. The maximum Gasteiger partial charge on any atom is 0.279 e. The van der Waals surface area contributed by atoms with Crippen molar-refractivity contribution in [3.05, 3.63) is 53.8 Å². The Hall–Kier alpha value is -2.51. The lowest BCUT2D eigenvalue weighted by Gasteiger charge is -2.38.